The molecule has 4 N–H and O–H groups in total. The molecule has 0 radical (unpaired) electrons. The van der Waals surface area contributed by atoms with Gasteiger partial charge >= 0.3 is 5.97 Å². The van der Waals surface area contributed by atoms with E-state index in [1.54, 1.807) is 19.1 Å². The van der Waals surface area contributed by atoms with E-state index >= 15 is 0 Å². The van der Waals surface area contributed by atoms with Gasteiger partial charge in [-0.25, -0.2) is 0 Å². The number of allylic oxidation sites excluding steroid dienone is 2. The number of hydrogen-bond donors (Lipinski definition) is 3. The lowest BCUT2D eigenvalue weighted by Gasteiger charge is -2.33. The molecule has 0 aliphatic heterocycles. The van der Waals surface area contributed by atoms with Crippen LogP contribution in [0.15, 0.2) is 24.3 Å². The molecule has 0 fully saturated rings. The van der Waals surface area contributed by atoms with Gasteiger partial charge < -0.3 is 16.2 Å². The normalized spacial score (nSPS) is 28.8. The molecule has 2 unspecified atom stereocenters. The number of carboxylic acids is 1. The Morgan fingerprint density at radius 1 is 1.53 bits per heavy atom. The van der Waals surface area contributed by atoms with Gasteiger partial charge in [-0.2, -0.15) is 0 Å². The molecule has 1 rings (SSSR count). The number of hydrogen-bond acceptors (Lipinski definition) is 3. The minimum absolute atomic E-state index is 0.267. The highest BCUT2D eigenvalue weighted by molar-refractivity contribution is 5.80. The topological polar surface area (TPSA) is 92.4 Å². The lowest BCUT2D eigenvalue weighted by Crippen LogP contribution is -2.61. The predicted molar refractivity (Wildman–Crippen MR) is 54.8 cm³/mol. The van der Waals surface area contributed by atoms with Gasteiger partial charge in [-0.3, -0.25) is 9.59 Å². The van der Waals surface area contributed by atoms with Crippen molar-refractivity contribution in [2.24, 2.45) is 11.7 Å². The first kappa shape index (κ1) is 11.5. The average molecular weight is 210 g/mol. The highest BCUT2D eigenvalue weighted by Crippen LogP contribution is 2.20. The van der Waals surface area contributed by atoms with Crippen molar-refractivity contribution in [3.05, 3.63) is 24.3 Å². The molecule has 1 amide bonds. The van der Waals surface area contributed by atoms with Crippen LogP contribution in [0.5, 0.6) is 0 Å². The minimum atomic E-state index is -1.33. The number of carbonyl (C=O) groups excluding carboxylic acids is 1. The number of aliphatic carboxylic acids is 1. The Hall–Kier alpha value is -1.62. The van der Waals surface area contributed by atoms with Crippen LogP contribution in [0.25, 0.3) is 0 Å². The molecule has 5 nitrogen and oxygen atoms in total. The van der Waals surface area contributed by atoms with Crippen molar-refractivity contribution >= 4 is 11.9 Å². The molecule has 0 aromatic carbocycles. The second-order valence-electron chi connectivity index (χ2n) is 3.39. The maximum atomic E-state index is 11.2. The molecule has 15 heavy (non-hydrogen) atoms. The second kappa shape index (κ2) is 4.27. The first-order chi connectivity index (χ1) is 6.99. The van der Waals surface area contributed by atoms with Crippen LogP contribution >= 0.6 is 0 Å². The fourth-order valence-electron chi connectivity index (χ4n) is 1.39. The minimum Gasteiger partial charge on any atom is -0.481 e. The van der Waals surface area contributed by atoms with Crippen LogP contribution < -0.4 is 11.1 Å². The van der Waals surface area contributed by atoms with Gasteiger partial charge in [0, 0.05) is 6.42 Å². The van der Waals surface area contributed by atoms with Crippen LogP contribution in [0.2, 0.25) is 0 Å². The van der Waals surface area contributed by atoms with Crippen LogP contribution in [0.3, 0.4) is 0 Å². The van der Waals surface area contributed by atoms with E-state index < -0.39 is 17.6 Å². The van der Waals surface area contributed by atoms with Crippen LogP contribution in [0, 0.1) is 5.92 Å². The summed E-state index contributed by atoms with van der Waals surface area (Å²) in [6, 6.07) is 0. The molecule has 0 heterocycles. The molecule has 2 atom stereocenters. The third-order valence-electron chi connectivity index (χ3n) is 2.24. The number of carbonyl (C=O) groups is 2. The second-order valence-corrected chi connectivity index (χ2v) is 3.39. The highest BCUT2D eigenvalue weighted by Gasteiger charge is 2.38. The van der Waals surface area contributed by atoms with Gasteiger partial charge in [0.05, 0.1) is 0 Å². The molecular weight excluding hydrogens is 196 g/mol. The third kappa shape index (κ3) is 2.44. The molecule has 0 aromatic rings. The van der Waals surface area contributed by atoms with Gasteiger partial charge in [0.15, 0.2) is 0 Å². The quantitative estimate of drug-likeness (QED) is 0.571. The van der Waals surface area contributed by atoms with E-state index in [2.05, 4.69) is 5.32 Å². The zero-order chi connectivity index (χ0) is 11.5. The maximum absolute atomic E-state index is 11.2. The van der Waals surface area contributed by atoms with Crippen molar-refractivity contribution in [2.75, 3.05) is 0 Å². The molecule has 5 heteroatoms. The van der Waals surface area contributed by atoms with Crippen molar-refractivity contribution in [2.45, 2.75) is 19.0 Å². The van der Waals surface area contributed by atoms with Crippen LogP contribution in [-0.2, 0) is 9.59 Å². The van der Waals surface area contributed by atoms with Gasteiger partial charge in [-0.1, -0.05) is 25.2 Å². The Balaban J connectivity index is 2.88. The fraction of sp³-hybridized carbons (Fsp3) is 0.400. The Labute approximate surface area is 87.6 Å². The average Bonchev–Trinajstić information content (AvgIpc) is 2.17. The first-order valence-electron chi connectivity index (χ1n) is 4.68. The summed E-state index contributed by atoms with van der Waals surface area (Å²) >= 11 is 0. The van der Waals surface area contributed by atoms with E-state index in [0.29, 0.717) is 0 Å². The van der Waals surface area contributed by atoms with Gasteiger partial charge in [-0.15, -0.1) is 0 Å². The smallest absolute Gasteiger partial charge is 0.314 e. The molecule has 0 spiro atoms. The summed E-state index contributed by atoms with van der Waals surface area (Å²) in [4.78, 5) is 22.1. The molecule has 1 aliphatic carbocycles. The van der Waals surface area contributed by atoms with E-state index in [1.807, 2.05) is 0 Å². The zero-order valence-electron chi connectivity index (χ0n) is 8.43. The van der Waals surface area contributed by atoms with Crippen molar-refractivity contribution in [3.63, 3.8) is 0 Å². The standard InChI is InChI=1S/C10H14N2O3/c1-2-8(13)12-10(11)6-4-3-5-7(10)9(14)15/h3-7H,2,11H2,1H3,(H,12,13)(H,14,15). The van der Waals surface area contributed by atoms with Crippen molar-refractivity contribution in [3.8, 4) is 0 Å². The van der Waals surface area contributed by atoms with E-state index in [9.17, 15) is 9.59 Å². The summed E-state index contributed by atoms with van der Waals surface area (Å²) in [6.07, 6.45) is 6.43. The Morgan fingerprint density at radius 3 is 2.73 bits per heavy atom. The summed E-state index contributed by atoms with van der Waals surface area (Å²) in [6.45, 7) is 1.68. The molecule has 0 aromatic heterocycles. The number of rotatable bonds is 3. The van der Waals surface area contributed by atoms with E-state index in [4.69, 9.17) is 10.8 Å². The molecular formula is C10H14N2O3. The monoisotopic (exact) mass is 210 g/mol. The summed E-state index contributed by atoms with van der Waals surface area (Å²) in [7, 11) is 0. The Kier molecular flexibility index (Phi) is 3.26. The molecule has 1 aliphatic rings. The maximum Gasteiger partial charge on any atom is 0.314 e. The molecule has 82 valence electrons. The van der Waals surface area contributed by atoms with Crippen molar-refractivity contribution in [1.82, 2.24) is 5.32 Å². The number of nitrogens with two attached hydrogens (primary N) is 1. The van der Waals surface area contributed by atoms with Gasteiger partial charge in [-0.05, 0) is 6.08 Å². The lowest BCUT2D eigenvalue weighted by atomic mass is 9.89. The summed E-state index contributed by atoms with van der Waals surface area (Å²) in [5.74, 6) is -2.27. The van der Waals surface area contributed by atoms with E-state index in [1.165, 1.54) is 12.2 Å². The summed E-state index contributed by atoms with van der Waals surface area (Å²) in [5.41, 5.74) is 4.50. The lowest BCUT2D eigenvalue weighted by molar-refractivity contribution is -0.142. The predicted octanol–water partition coefficient (Wildman–Crippen LogP) is -0.00560. The fourth-order valence-corrected chi connectivity index (χ4v) is 1.39. The first-order valence-corrected chi connectivity index (χ1v) is 4.68. The largest absolute Gasteiger partial charge is 0.481 e. The molecule has 0 bridgehead atoms. The van der Waals surface area contributed by atoms with E-state index in [-0.39, 0.29) is 12.3 Å². The van der Waals surface area contributed by atoms with Gasteiger partial charge in [0.2, 0.25) is 5.91 Å². The molecule has 0 saturated heterocycles. The van der Waals surface area contributed by atoms with Crippen molar-refractivity contribution < 1.29 is 14.7 Å². The SMILES string of the molecule is CCC(=O)NC1(N)C=CC=CC1C(=O)O. The van der Waals surface area contributed by atoms with Crippen LogP contribution in [-0.4, -0.2) is 22.6 Å². The summed E-state index contributed by atoms with van der Waals surface area (Å²) < 4.78 is 0. The van der Waals surface area contributed by atoms with Gasteiger partial charge in [0.1, 0.15) is 11.6 Å². The zero-order valence-corrected chi connectivity index (χ0v) is 8.43. The number of nitrogens with one attached hydrogen (secondary N) is 1. The molecule has 0 saturated carbocycles. The number of carboxylic acid groups (broad SMARTS) is 1. The van der Waals surface area contributed by atoms with Crippen molar-refractivity contribution in [1.29, 1.82) is 0 Å². The van der Waals surface area contributed by atoms with Crippen LogP contribution in [0.1, 0.15) is 13.3 Å². The Morgan fingerprint density at radius 2 is 2.20 bits per heavy atom. The third-order valence-corrected chi connectivity index (χ3v) is 2.24. The van der Waals surface area contributed by atoms with Crippen LogP contribution in [0.4, 0.5) is 0 Å². The van der Waals surface area contributed by atoms with Gasteiger partial charge in [0.25, 0.3) is 0 Å². The highest BCUT2D eigenvalue weighted by atomic mass is 16.4. The van der Waals surface area contributed by atoms with E-state index in [0.717, 1.165) is 0 Å². The number of amides is 1. The Bertz CT molecular complexity index is 336. The summed E-state index contributed by atoms with van der Waals surface area (Å²) in [5, 5.41) is 11.4.